The molecule has 96 valence electrons. The highest BCUT2D eigenvalue weighted by molar-refractivity contribution is 5.80. The van der Waals surface area contributed by atoms with Crippen LogP contribution in [0.4, 0.5) is 0 Å². The van der Waals surface area contributed by atoms with Gasteiger partial charge in [-0.1, -0.05) is 30.3 Å². The summed E-state index contributed by atoms with van der Waals surface area (Å²) in [6.07, 6.45) is 0. The molecule has 3 aromatic rings. The van der Waals surface area contributed by atoms with Crippen LogP contribution in [-0.2, 0) is 13.1 Å². The first-order chi connectivity index (χ1) is 9.30. The van der Waals surface area contributed by atoms with Crippen LogP contribution in [0.3, 0.4) is 0 Å². The van der Waals surface area contributed by atoms with Gasteiger partial charge in [0.05, 0.1) is 11.0 Å². The Morgan fingerprint density at radius 1 is 0.895 bits per heavy atom. The molecule has 4 heteroatoms. The fourth-order valence-electron chi connectivity index (χ4n) is 2.12. The minimum atomic E-state index is 0.537. The molecule has 1 aromatic heterocycles. The third-order valence-corrected chi connectivity index (χ3v) is 3.25. The lowest BCUT2D eigenvalue weighted by molar-refractivity contribution is 1.07. The summed E-state index contributed by atoms with van der Waals surface area (Å²) in [5.74, 6) is 0.868. The normalized spacial score (nSPS) is 11.1. The van der Waals surface area contributed by atoms with Crippen LogP contribution in [0.25, 0.3) is 22.4 Å². The van der Waals surface area contributed by atoms with Crippen LogP contribution in [-0.4, -0.2) is 9.97 Å². The van der Waals surface area contributed by atoms with Crippen molar-refractivity contribution in [2.24, 2.45) is 11.5 Å². The first-order valence-corrected chi connectivity index (χ1v) is 6.28. The number of imidazole rings is 1. The maximum atomic E-state index is 5.64. The number of aromatic amines is 1. The molecule has 0 spiro atoms. The van der Waals surface area contributed by atoms with Gasteiger partial charge < -0.3 is 16.5 Å². The molecule has 0 saturated carbocycles. The van der Waals surface area contributed by atoms with Gasteiger partial charge in [-0.15, -0.1) is 0 Å². The third-order valence-electron chi connectivity index (χ3n) is 3.25. The Balaban J connectivity index is 2.04. The summed E-state index contributed by atoms with van der Waals surface area (Å²) in [4.78, 5) is 7.91. The van der Waals surface area contributed by atoms with Crippen molar-refractivity contribution >= 4 is 11.0 Å². The molecule has 0 aliphatic rings. The van der Waals surface area contributed by atoms with Crippen molar-refractivity contribution in [1.29, 1.82) is 0 Å². The van der Waals surface area contributed by atoms with Gasteiger partial charge in [0.25, 0.3) is 0 Å². The molecule has 0 aliphatic heterocycles. The lowest BCUT2D eigenvalue weighted by Crippen LogP contribution is -1.95. The molecule has 5 N–H and O–H groups in total. The van der Waals surface area contributed by atoms with Gasteiger partial charge in [0.2, 0.25) is 0 Å². The Morgan fingerprint density at radius 3 is 2.26 bits per heavy atom. The average molecular weight is 252 g/mol. The number of nitrogens with zero attached hydrogens (tertiary/aromatic N) is 1. The van der Waals surface area contributed by atoms with Gasteiger partial charge in [-0.25, -0.2) is 4.98 Å². The Bertz CT molecular complexity index is 698. The van der Waals surface area contributed by atoms with Gasteiger partial charge in [0.15, 0.2) is 0 Å². The first-order valence-electron chi connectivity index (χ1n) is 6.28. The minimum absolute atomic E-state index is 0.537. The smallest absolute Gasteiger partial charge is 0.138 e. The number of hydrogen-bond donors (Lipinski definition) is 3. The zero-order valence-electron chi connectivity index (χ0n) is 10.6. The lowest BCUT2D eigenvalue weighted by atomic mass is 10.1. The van der Waals surface area contributed by atoms with Gasteiger partial charge in [-0.3, -0.25) is 0 Å². The molecule has 0 saturated heterocycles. The van der Waals surface area contributed by atoms with Crippen molar-refractivity contribution in [3.8, 4) is 11.4 Å². The molecule has 19 heavy (non-hydrogen) atoms. The standard InChI is InChI=1S/C15H16N4/c16-8-10-1-4-12(5-2-10)15-18-13-6-3-11(9-17)7-14(13)19-15/h1-7H,8-9,16-17H2,(H,18,19). The van der Waals surface area contributed by atoms with E-state index < -0.39 is 0 Å². The topological polar surface area (TPSA) is 80.7 Å². The lowest BCUT2D eigenvalue weighted by Gasteiger charge is -1.98. The molecule has 0 unspecified atom stereocenters. The molecule has 1 heterocycles. The summed E-state index contributed by atoms with van der Waals surface area (Å²) >= 11 is 0. The van der Waals surface area contributed by atoms with E-state index in [1.54, 1.807) is 0 Å². The van der Waals surface area contributed by atoms with Crippen molar-refractivity contribution in [2.45, 2.75) is 13.1 Å². The molecule has 3 rings (SSSR count). The van der Waals surface area contributed by atoms with Crippen molar-refractivity contribution in [2.75, 3.05) is 0 Å². The average Bonchev–Trinajstić information content (AvgIpc) is 2.90. The third kappa shape index (κ3) is 2.23. The Labute approximate surface area is 111 Å². The summed E-state index contributed by atoms with van der Waals surface area (Å²) in [5.41, 5.74) is 16.5. The van der Waals surface area contributed by atoms with Crippen LogP contribution >= 0.6 is 0 Å². The van der Waals surface area contributed by atoms with E-state index in [2.05, 4.69) is 9.97 Å². The van der Waals surface area contributed by atoms with E-state index in [-0.39, 0.29) is 0 Å². The Hall–Kier alpha value is -2.17. The zero-order chi connectivity index (χ0) is 13.2. The number of hydrogen-bond acceptors (Lipinski definition) is 3. The maximum Gasteiger partial charge on any atom is 0.138 e. The second kappa shape index (κ2) is 4.84. The fraction of sp³-hybridized carbons (Fsp3) is 0.133. The predicted molar refractivity (Wildman–Crippen MR) is 77.3 cm³/mol. The van der Waals surface area contributed by atoms with E-state index in [0.29, 0.717) is 13.1 Å². The van der Waals surface area contributed by atoms with Gasteiger partial charge in [0.1, 0.15) is 5.82 Å². The molecule has 4 nitrogen and oxygen atoms in total. The number of rotatable bonds is 3. The fourth-order valence-corrected chi connectivity index (χ4v) is 2.12. The highest BCUT2D eigenvalue weighted by atomic mass is 14.9. The highest BCUT2D eigenvalue weighted by Crippen LogP contribution is 2.21. The number of nitrogens with two attached hydrogens (primary N) is 2. The second-order valence-corrected chi connectivity index (χ2v) is 4.54. The van der Waals surface area contributed by atoms with Crippen LogP contribution in [0.15, 0.2) is 42.5 Å². The zero-order valence-corrected chi connectivity index (χ0v) is 10.6. The van der Waals surface area contributed by atoms with E-state index in [1.807, 2.05) is 42.5 Å². The number of nitrogens with one attached hydrogen (secondary N) is 1. The highest BCUT2D eigenvalue weighted by Gasteiger charge is 2.05. The summed E-state index contributed by atoms with van der Waals surface area (Å²) in [6, 6.07) is 14.1. The first kappa shape index (κ1) is 11.9. The molecule has 0 bridgehead atoms. The van der Waals surface area contributed by atoms with Crippen molar-refractivity contribution < 1.29 is 0 Å². The van der Waals surface area contributed by atoms with Crippen LogP contribution in [0.1, 0.15) is 11.1 Å². The van der Waals surface area contributed by atoms with E-state index in [1.165, 1.54) is 0 Å². The monoisotopic (exact) mass is 252 g/mol. The van der Waals surface area contributed by atoms with Crippen LogP contribution in [0.5, 0.6) is 0 Å². The van der Waals surface area contributed by atoms with E-state index in [4.69, 9.17) is 11.5 Å². The summed E-state index contributed by atoms with van der Waals surface area (Å²) < 4.78 is 0. The summed E-state index contributed by atoms with van der Waals surface area (Å²) in [5, 5.41) is 0. The molecule has 0 radical (unpaired) electrons. The molecule has 0 amide bonds. The summed E-state index contributed by atoms with van der Waals surface area (Å²) in [6.45, 7) is 1.09. The van der Waals surface area contributed by atoms with Gasteiger partial charge in [-0.05, 0) is 23.3 Å². The number of fused-ring (bicyclic) bond motifs is 1. The molecular formula is C15H16N4. The van der Waals surface area contributed by atoms with Crippen molar-refractivity contribution in [3.05, 3.63) is 53.6 Å². The second-order valence-electron chi connectivity index (χ2n) is 4.54. The number of aromatic nitrogens is 2. The van der Waals surface area contributed by atoms with Crippen molar-refractivity contribution in [1.82, 2.24) is 9.97 Å². The van der Waals surface area contributed by atoms with Gasteiger partial charge in [-0.2, -0.15) is 0 Å². The SMILES string of the molecule is NCc1ccc(-c2nc3ccc(CN)cc3[nH]2)cc1. The largest absolute Gasteiger partial charge is 0.338 e. The van der Waals surface area contributed by atoms with E-state index >= 15 is 0 Å². The van der Waals surface area contributed by atoms with Crippen LogP contribution in [0.2, 0.25) is 0 Å². The van der Waals surface area contributed by atoms with Gasteiger partial charge in [0, 0.05) is 18.7 Å². The summed E-state index contributed by atoms with van der Waals surface area (Å²) in [7, 11) is 0. The molecule has 2 aromatic carbocycles. The van der Waals surface area contributed by atoms with Crippen LogP contribution in [0, 0.1) is 0 Å². The Morgan fingerprint density at radius 2 is 1.58 bits per heavy atom. The van der Waals surface area contributed by atoms with E-state index in [9.17, 15) is 0 Å². The molecule has 0 atom stereocenters. The Kier molecular flexibility index (Phi) is 3.03. The van der Waals surface area contributed by atoms with Crippen molar-refractivity contribution in [3.63, 3.8) is 0 Å². The quantitative estimate of drug-likeness (QED) is 0.668. The molecule has 0 aliphatic carbocycles. The maximum absolute atomic E-state index is 5.64. The molecule has 0 fully saturated rings. The minimum Gasteiger partial charge on any atom is -0.338 e. The van der Waals surface area contributed by atoms with Gasteiger partial charge >= 0.3 is 0 Å². The number of H-pyrrole nitrogens is 1. The predicted octanol–water partition coefficient (Wildman–Crippen LogP) is 2.15. The molecular weight excluding hydrogens is 236 g/mol. The number of benzene rings is 2. The van der Waals surface area contributed by atoms with Crippen LogP contribution < -0.4 is 11.5 Å². The van der Waals surface area contributed by atoms with E-state index in [0.717, 1.165) is 33.5 Å².